The van der Waals surface area contributed by atoms with Crippen molar-refractivity contribution < 1.29 is 0 Å². The number of pyridine rings is 1. The van der Waals surface area contributed by atoms with E-state index in [0.29, 0.717) is 0 Å². The van der Waals surface area contributed by atoms with Crippen LogP contribution in [0.15, 0.2) is 64.4 Å². The maximum Gasteiger partial charge on any atom is 0.260 e. The highest BCUT2D eigenvalue weighted by molar-refractivity contribution is 7.97. The minimum Gasteiger partial charge on any atom is -0.268 e. The van der Waals surface area contributed by atoms with Crippen molar-refractivity contribution in [1.82, 2.24) is 3.97 Å². The second kappa shape index (κ2) is 4.15. The minimum atomic E-state index is 0.00125. The lowest BCUT2D eigenvalue weighted by molar-refractivity contribution is 1.14. The van der Waals surface area contributed by atoms with Gasteiger partial charge in [0.15, 0.2) is 0 Å². The second-order valence-electron chi connectivity index (χ2n) is 2.77. The zero-order valence-electron chi connectivity index (χ0n) is 7.46. The summed E-state index contributed by atoms with van der Waals surface area (Å²) in [5.74, 6) is 0. The normalized spacial score (nSPS) is 10.0. The van der Waals surface area contributed by atoms with E-state index in [1.54, 1.807) is 22.3 Å². The summed E-state index contributed by atoms with van der Waals surface area (Å²) in [6.45, 7) is 0. The molecule has 0 atom stereocenters. The molecular weight excluding hydrogens is 194 g/mol. The van der Waals surface area contributed by atoms with Gasteiger partial charge in [0.1, 0.15) is 0 Å². The van der Waals surface area contributed by atoms with Crippen LogP contribution >= 0.6 is 11.9 Å². The molecule has 2 nitrogen and oxygen atoms in total. The molecule has 0 fully saturated rings. The predicted octanol–water partition coefficient (Wildman–Crippen LogP) is 2.40. The Morgan fingerprint density at radius 2 is 1.64 bits per heavy atom. The molecule has 3 heteroatoms. The van der Waals surface area contributed by atoms with Crippen LogP contribution in [0.1, 0.15) is 0 Å². The van der Waals surface area contributed by atoms with E-state index in [0.717, 1.165) is 4.90 Å². The van der Waals surface area contributed by atoms with E-state index in [4.69, 9.17) is 0 Å². The van der Waals surface area contributed by atoms with Crippen LogP contribution < -0.4 is 5.56 Å². The van der Waals surface area contributed by atoms with Crippen LogP contribution in [0.25, 0.3) is 0 Å². The quantitative estimate of drug-likeness (QED) is 0.747. The molecule has 0 unspecified atom stereocenters. The van der Waals surface area contributed by atoms with E-state index in [-0.39, 0.29) is 5.56 Å². The molecule has 1 aromatic heterocycles. The number of benzene rings is 1. The van der Waals surface area contributed by atoms with Gasteiger partial charge in [-0.3, -0.25) is 8.77 Å². The summed E-state index contributed by atoms with van der Waals surface area (Å²) in [7, 11) is 0. The average molecular weight is 203 g/mol. The zero-order chi connectivity index (χ0) is 9.80. The third kappa shape index (κ3) is 2.06. The van der Waals surface area contributed by atoms with Crippen LogP contribution in [0.2, 0.25) is 0 Å². The number of aromatic nitrogens is 1. The first-order valence-corrected chi connectivity index (χ1v) is 5.05. The second-order valence-corrected chi connectivity index (χ2v) is 3.82. The van der Waals surface area contributed by atoms with Gasteiger partial charge < -0.3 is 0 Å². The van der Waals surface area contributed by atoms with Crippen molar-refractivity contribution in [1.29, 1.82) is 0 Å². The average Bonchev–Trinajstić information content (AvgIpc) is 2.23. The topological polar surface area (TPSA) is 22.0 Å². The monoisotopic (exact) mass is 203 g/mol. The molecule has 0 saturated carbocycles. The van der Waals surface area contributed by atoms with Gasteiger partial charge in [0.25, 0.3) is 5.56 Å². The molecule has 0 saturated heterocycles. The molecule has 2 rings (SSSR count). The molecule has 0 N–H and O–H groups in total. The number of nitrogens with zero attached hydrogens (tertiary/aromatic N) is 1. The summed E-state index contributed by atoms with van der Waals surface area (Å²) >= 11 is 1.42. The fourth-order valence-electron chi connectivity index (χ4n) is 1.08. The Kier molecular flexibility index (Phi) is 2.70. The minimum absolute atomic E-state index is 0.00125. The van der Waals surface area contributed by atoms with E-state index < -0.39 is 0 Å². The van der Waals surface area contributed by atoms with Crippen LogP contribution in [-0.4, -0.2) is 3.97 Å². The van der Waals surface area contributed by atoms with Crippen LogP contribution in [0.3, 0.4) is 0 Å². The van der Waals surface area contributed by atoms with Crippen LogP contribution in [0, 0.1) is 0 Å². The van der Waals surface area contributed by atoms with Crippen molar-refractivity contribution in [3.05, 3.63) is 65.1 Å². The van der Waals surface area contributed by atoms with Crippen molar-refractivity contribution in [2.45, 2.75) is 4.90 Å². The fraction of sp³-hybridized carbons (Fsp3) is 0. The highest BCUT2D eigenvalue weighted by atomic mass is 32.2. The molecule has 0 amide bonds. The highest BCUT2D eigenvalue weighted by Gasteiger charge is 1.95. The molecule has 14 heavy (non-hydrogen) atoms. The lowest BCUT2D eigenvalue weighted by Gasteiger charge is -2.02. The van der Waals surface area contributed by atoms with E-state index in [1.165, 1.54) is 11.9 Å². The molecular formula is C11H9NOS. The molecule has 0 aliphatic rings. The molecule has 2 aromatic rings. The first-order chi connectivity index (χ1) is 6.86. The van der Waals surface area contributed by atoms with Gasteiger partial charge >= 0.3 is 0 Å². The Bertz CT molecular complexity index is 464. The molecule has 1 aromatic carbocycles. The largest absolute Gasteiger partial charge is 0.268 e. The van der Waals surface area contributed by atoms with E-state index in [9.17, 15) is 4.79 Å². The molecule has 0 radical (unpaired) electrons. The molecule has 70 valence electrons. The van der Waals surface area contributed by atoms with Crippen LogP contribution in [-0.2, 0) is 0 Å². The van der Waals surface area contributed by atoms with Gasteiger partial charge in [-0.15, -0.1) is 0 Å². The fourth-order valence-corrected chi connectivity index (χ4v) is 1.87. The Morgan fingerprint density at radius 1 is 0.929 bits per heavy atom. The molecule has 0 bridgehead atoms. The van der Waals surface area contributed by atoms with E-state index in [2.05, 4.69) is 0 Å². The predicted molar refractivity (Wildman–Crippen MR) is 58.4 cm³/mol. The van der Waals surface area contributed by atoms with Crippen LogP contribution in [0.4, 0.5) is 0 Å². The van der Waals surface area contributed by atoms with Gasteiger partial charge in [-0.05, 0) is 30.1 Å². The number of hydrogen-bond donors (Lipinski definition) is 0. The number of rotatable bonds is 2. The van der Waals surface area contributed by atoms with Crippen molar-refractivity contribution >= 4 is 11.9 Å². The first-order valence-electron chi connectivity index (χ1n) is 4.27. The van der Waals surface area contributed by atoms with Crippen molar-refractivity contribution in [2.24, 2.45) is 0 Å². The lowest BCUT2D eigenvalue weighted by Crippen LogP contribution is -2.11. The van der Waals surface area contributed by atoms with Crippen molar-refractivity contribution in [2.75, 3.05) is 0 Å². The third-order valence-electron chi connectivity index (χ3n) is 1.74. The summed E-state index contributed by atoms with van der Waals surface area (Å²) in [5.41, 5.74) is 0.00125. The molecule has 0 spiro atoms. The maximum absolute atomic E-state index is 11.4. The van der Waals surface area contributed by atoms with E-state index >= 15 is 0 Å². The first kappa shape index (κ1) is 9.09. The Labute approximate surface area is 86.3 Å². The SMILES string of the molecule is O=c1ccccn1Sc1ccccc1. The van der Waals surface area contributed by atoms with Gasteiger partial charge in [-0.2, -0.15) is 0 Å². The van der Waals surface area contributed by atoms with Gasteiger partial charge in [0.05, 0.1) is 0 Å². The molecule has 0 aliphatic carbocycles. The highest BCUT2D eigenvalue weighted by Crippen LogP contribution is 2.16. The van der Waals surface area contributed by atoms with Gasteiger partial charge in [0.2, 0.25) is 0 Å². The summed E-state index contributed by atoms with van der Waals surface area (Å²) in [6, 6.07) is 15.0. The van der Waals surface area contributed by atoms with Gasteiger partial charge in [-0.25, -0.2) is 0 Å². The summed E-state index contributed by atoms with van der Waals surface area (Å²) < 4.78 is 1.61. The Morgan fingerprint density at radius 3 is 2.36 bits per heavy atom. The standard InChI is InChI=1S/C11H9NOS/c13-11-8-4-5-9-12(11)14-10-6-2-1-3-7-10/h1-9H. The van der Waals surface area contributed by atoms with E-state index in [1.807, 2.05) is 36.4 Å². The van der Waals surface area contributed by atoms with Crippen molar-refractivity contribution in [3.8, 4) is 0 Å². The zero-order valence-corrected chi connectivity index (χ0v) is 8.28. The Hall–Kier alpha value is -1.48. The number of hydrogen-bond acceptors (Lipinski definition) is 2. The smallest absolute Gasteiger partial charge is 0.260 e. The maximum atomic E-state index is 11.4. The summed E-state index contributed by atoms with van der Waals surface area (Å²) in [6.07, 6.45) is 1.76. The summed E-state index contributed by atoms with van der Waals surface area (Å²) in [5, 5.41) is 0. The van der Waals surface area contributed by atoms with Crippen LogP contribution in [0.5, 0.6) is 0 Å². The van der Waals surface area contributed by atoms with Crippen molar-refractivity contribution in [3.63, 3.8) is 0 Å². The lowest BCUT2D eigenvalue weighted by atomic mass is 10.4. The molecule has 1 heterocycles. The van der Waals surface area contributed by atoms with Gasteiger partial charge in [-0.1, -0.05) is 24.3 Å². The summed E-state index contributed by atoms with van der Waals surface area (Å²) in [4.78, 5) is 12.4. The van der Waals surface area contributed by atoms with Gasteiger partial charge in [0, 0.05) is 17.2 Å². The Balaban J connectivity index is 2.28. The third-order valence-corrected chi connectivity index (χ3v) is 2.72. The molecule has 0 aliphatic heterocycles.